The number of nitrogens with one attached hydrogen (secondary N) is 1. The molecule has 1 aliphatic rings. The maximum Gasteiger partial charge on any atom is 0.258 e. The first kappa shape index (κ1) is 27.7. The summed E-state index contributed by atoms with van der Waals surface area (Å²) in [5.74, 6) is -0.440. The first-order valence-corrected chi connectivity index (χ1v) is 14.7. The van der Waals surface area contributed by atoms with Gasteiger partial charge in [0.15, 0.2) is 0 Å². The van der Waals surface area contributed by atoms with Gasteiger partial charge < -0.3 is 26.4 Å². The summed E-state index contributed by atoms with van der Waals surface area (Å²) >= 11 is 0. The molecule has 10 nitrogen and oxygen atoms in total. The maximum atomic E-state index is 14.0. The van der Waals surface area contributed by atoms with Crippen LogP contribution in [-0.2, 0) is 16.4 Å². The number of fused-ring (bicyclic) bond motifs is 2. The van der Waals surface area contributed by atoms with Gasteiger partial charge in [0, 0.05) is 40.3 Å². The summed E-state index contributed by atoms with van der Waals surface area (Å²) in [6, 6.07) is 21.6. The van der Waals surface area contributed by atoms with E-state index in [1.165, 1.54) is 37.6 Å². The number of nitrogen functional groups attached to an aromatic ring is 1. The largest absolute Gasteiger partial charge is 0.497 e. The van der Waals surface area contributed by atoms with Crippen molar-refractivity contribution in [3.05, 3.63) is 107 Å². The van der Waals surface area contributed by atoms with Gasteiger partial charge in [-0.1, -0.05) is 12.1 Å². The molecule has 0 fully saturated rings. The Morgan fingerprint density at radius 2 is 1.77 bits per heavy atom. The van der Waals surface area contributed by atoms with Crippen LogP contribution in [0.1, 0.15) is 31.8 Å². The van der Waals surface area contributed by atoms with E-state index in [4.69, 9.17) is 16.2 Å². The summed E-state index contributed by atoms with van der Waals surface area (Å²) < 4.78 is 33.3. The van der Waals surface area contributed by atoms with Crippen LogP contribution in [0.4, 0.5) is 22.7 Å². The van der Waals surface area contributed by atoms with Crippen LogP contribution in [0.3, 0.4) is 0 Å². The number of methoxy groups -OCH3 is 1. The SMILES string of the molecule is COc1cccc(Nc2c(C(N)=O)cnc3c(C)cc(S(=O)(=O)c4ccc5c(c4)C(=O)N(c4ccc(N)cc4)C5)cc23)c1. The number of aromatic nitrogens is 1. The van der Waals surface area contributed by atoms with E-state index in [1.54, 1.807) is 66.4 Å². The molecule has 0 bridgehead atoms. The molecule has 0 unspecified atom stereocenters. The van der Waals surface area contributed by atoms with E-state index in [2.05, 4.69) is 10.3 Å². The smallest absolute Gasteiger partial charge is 0.258 e. The summed E-state index contributed by atoms with van der Waals surface area (Å²) in [7, 11) is -2.56. The van der Waals surface area contributed by atoms with Crippen LogP contribution in [0.5, 0.6) is 5.75 Å². The molecule has 1 aromatic heterocycles. The first-order chi connectivity index (χ1) is 20.6. The van der Waals surface area contributed by atoms with E-state index >= 15 is 0 Å². The molecule has 0 saturated heterocycles. The quantitative estimate of drug-likeness (QED) is 0.223. The van der Waals surface area contributed by atoms with Crippen molar-refractivity contribution in [3.63, 3.8) is 0 Å². The highest BCUT2D eigenvalue weighted by molar-refractivity contribution is 7.91. The van der Waals surface area contributed by atoms with E-state index in [0.29, 0.717) is 57.1 Å². The van der Waals surface area contributed by atoms with Crippen molar-refractivity contribution >= 4 is 55.3 Å². The summed E-state index contributed by atoms with van der Waals surface area (Å²) in [6.45, 7) is 2.05. The number of hydrogen-bond acceptors (Lipinski definition) is 8. The fourth-order valence-electron chi connectivity index (χ4n) is 5.22. The minimum absolute atomic E-state index is 0.0181. The van der Waals surface area contributed by atoms with Crippen LogP contribution in [0, 0.1) is 6.92 Å². The molecule has 2 amide bonds. The predicted octanol–water partition coefficient (Wildman–Crippen LogP) is 4.97. The minimum Gasteiger partial charge on any atom is -0.497 e. The Bertz CT molecular complexity index is 2060. The number of rotatable bonds is 7. The second-order valence-corrected chi connectivity index (χ2v) is 12.2. The molecule has 5 aromatic rings. The van der Waals surface area contributed by atoms with E-state index in [-0.39, 0.29) is 21.3 Å². The van der Waals surface area contributed by atoms with Gasteiger partial charge in [0.25, 0.3) is 11.8 Å². The molecule has 0 radical (unpaired) electrons. The number of ether oxygens (including phenoxy) is 1. The second-order valence-electron chi connectivity index (χ2n) is 10.2. The second kappa shape index (κ2) is 10.4. The molecule has 11 heteroatoms. The molecule has 0 spiro atoms. The monoisotopic (exact) mass is 593 g/mol. The molecule has 43 heavy (non-hydrogen) atoms. The number of aryl methyl sites for hydroxylation is 1. The number of amides is 2. The average Bonchev–Trinajstić information content (AvgIpc) is 3.33. The molecule has 216 valence electrons. The Balaban J connectivity index is 1.44. The van der Waals surface area contributed by atoms with Crippen LogP contribution >= 0.6 is 0 Å². The van der Waals surface area contributed by atoms with Crippen molar-refractivity contribution in [2.45, 2.75) is 23.3 Å². The van der Waals surface area contributed by atoms with Gasteiger partial charge in [0.1, 0.15) is 5.75 Å². The third-order valence-corrected chi connectivity index (χ3v) is 9.18. The number of primary amides is 1. The van der Waals surface area contributed by atoms with Crippen molar-refractivity contribution in [1.29, 1.82) is 0 Å². The van der Waals surface area contributed by atoms with E-state index in [0.717, 1.165) is 5.56 Å². The predicted molar refractivity (Wildman–Crippen MR) is 165 cm³/mol. The number of pyridine rings is 1. The van der Waals surface area contributed by atoms with E-state index < -0.39 is 15.7 Å². The van der Waals surface area contributed by atoms with Gasteiger partial charge in [-0.3, -0.25) is 14.6 Å². The van der Waals surface area contributed by atoms with Crippen LogP contribution in [0.2, 0.25) is 0 Å². The number of anilines is 4. The zero-order chi connectivity index (χ0) is 30.5. The third kappa shape index (κ3) is 4.89. The van der Waals surface area contributed by atoms with Crippen molar-refractivity contribution in [3.8, 4) is 5.75 Å². The molecule has 6 rings (SSSR count). The lowest BCUT2D eigenvalue weighted by molar-refractivity contribution is 0.0990. The molecule has 0 aliphatic carbocycles. The normalized spacial score (nSPS) is 12.8. The van der Waals surface area contributed by atoms with Crippen molar-refractivity contribution in [1.82, 2.24) is 4.98 Å². The van der Waals surface area contributed by atoms with Crippen molar-refractivity contribution < 1.29 is 22.7 Å². The molecule has 4 aromatic carbocycles. The highest BCUT2D eigenvalue weighted by atomic mass is 32.2. The fourth-order valence-corrected chi connectivity index (χ4v) is 6.61. The van der Waals surface area contributed by atoms with Crippen LogP contribution in [0.25, 0.3) is 10.9 Å². The highest BCUT2D eigenvalue weighted by Gasteiger charge is 2.31. The van der Waals surface area contributed by atoms with Gasteiger partial charge in [-0.25, -0.2) is 8.42 Å². The Kier molecular flexibility index (Phi) is 6.74. The number of benzene rings is 4. The average molecular weight is 594 g/mol. The summed E-state index contributed by atoms with van der Waals surface area (Å²) in [5.41, 5.74) is 15.8. The molecular formula is C32H27N5O5S. The Morgan fingerprint density at radius 3 is 2.49 bits per heavy atom. The van der Waals surface area contributed by atoms with E-state index in [9.17, 15) is 18.0 Å². The van der Waals surface area contributed by atoms with Crippen LogP contribution < -0.4 is 26.4 Å². The van der Waals surface area contributed by atoms with Gasteiger partial charge in [-0.2, -0.15) is 0 Å². The zero-order valence-electron chi connectivity index (χ0n) is 23.3. The lowest BCUT2D eigenvalue weighted by Crippen LogP contribution is -2.22. The summed E-state index contributed by atoms with van der Waals surface area (Å²) in [6.07, 6.45) is 1.37. The maximum absolute atomic E-state index is 14.0. The van der Waals surface area contributed by atoms with Crippen molar-refractivity contribution in [2.24, 2.45) is 5.73 Å². The van der Waals surface area contributed by atoms with Gasteiger partial charge in [-0.05, 0) is 78.7 Å². The Morgan fingerprint density at radius 1 is 1.00 bits per heavy atom. The molecular weight excluding hydrogens is 566 g/mol. The Labute approximate surface area is 247 Å². The van der Waals surface area contributed by atoms with Crippen LogP contribution in [0.15, 0.2) is 94.9 Å². The molecule has 0 atom stereocenters. The van der Waals surface area contributed by atoms with Gasteiger partial charge in [0.2, 0.25) is 9.84 Å². The number of nitrogens with zero attached hydrogens (tertiary/aromatic N) is 2. The summed E-state index contributed by atoms with van der Waals surface area (Å²) in [5, 5.41) is 3.60. The number of carbonyl (C=O) groups excluding carboxylic acids is 2. The van der Waals surface area contributed by atoms with Gasteiger partial charge in [0.05, 0.1) is 40.2 Å². The summed E-state index contributed by atoms with van der Waals surface area (Å²) in [4.78, 5) is 31.7. The minimum atomic E-state index is -4.10. The molecule has 2 heterocycles. The molecule has 0 saturated carbocycles. The number of sulfone groups is 1. The topological polar surface area (TPSA) is 158 Å². The van der Waals surface area contributed by atoms with E-state index in [1.807, 2.05) is 0 Å². The standard InChI is InChI=1S/C32H27N5O5S/c1-18-12-25(15-27-29(18)35-16-28(31(34)38)30(27)36-21-4-3-5-23(13-21)42-2)43(40,41)24-11-6-19-17-37(32(39)26(19)14-24)22-9-7-20(33)8-10-22/h3-16H,17,33H2,1-2H3,(H2,34,38)(H,35,36). The van der Waals surface area contributed by atoms with Gasteiger partial charge >= 0.3 is 0 Å². The number of nitrogens with two attached hydrogens (primary N) is 2. The lowest BCUT2D eigenvalue weighted by atomic mass is 10.1. The number of carbonyl (C=O) groups is 2. The molecule has 1 aliphatic heterocycles. The highest BCUT2D eigenvalue weighted by Crippen LogP contribution is 2.36. The third-order valence-electron chi connectivity index (χ3n) is 7.45. The first-order valence-electron chi connectivity index (χ1n) is 13.3. The van der Waals surface area contributed by atoms with Gasteiger partial charge in [-0.15, -0.1) is 0 Å². The number of hydrogen-bond donors (Lipinski definition) is 3. The fraction of sp³-hybridized carbons (Fsp3) is 0.0938. The molecule has 5 N–H and O–H groups in total. The van der Waals surface area contributed by atoms with Crippen LogP contribution in [-0.4, -0.2) is 32.3 Å². The Hall–Kier alpha value is -5.42. The van der Waals surface area contributed by atoms with Crippen molar-refractivity contribution in [2.75, 3.05) is 23.1 Å². The zero-order valence-corrected chi connectivity index (χ0v) is 24.1. The lowest BCUT2D eigenvalue weighted by Gasteiger charge is -2.16.